The molecule has 0 saturated carbocycles. The monoisotopic (exact) mass is 352 g/mol. The van der Waals surface area contributed by atoms with Crippen molar-refractivity contribution in [2.45, 2.75) is 0 Å². The van der Waals surface area contributed by atoms with Crippen molar-refractivity contribution in [3.8, 4) is 0 Å². The molecule has 3 aromatic rings. The van der Waals surface area contributed by atoms with Crippen molar-refractivity contribution in [2.75, 3.05) is 5.32 Å². The van der Waals surface area contributed by atoms with Crippen LogP contribution in [0.25, 0.3) is 10.9 Å². The Kier molecular flexibility index (Phi) is 3.97. The number of nitrogens with zero attached hydrogens (tertiary/aromatic N) is 3. The maximum atomic E-state index is 14.0. The van der Waals surface area contributed by atoms with E-state index in [0.717, 1.165) is 6.07 Å². The molecule has 1 heterocycles. The summed E-state index contributed by atoms with van der Waals surface area (Å²) in [5.74, 6) is -0.410. The normalized spacial score (nSPS) is 10.7. The smallest absolute Gasteiger partial charge is 0.270 e. The second kappa shape index (κ2) is 5.94. The number of rotatable bonds is 3. The van der Waals surface area contributed by atoms with Crippen molar-refractivity contribution in [1.82, 2.24) is 9.97 Å². The van der Waals surface area contributed by atoms with Crippen molar-refractivity contribution in [2.24, 2.45) is 0 Å². The molecular weight excluding hydrogens is 346 g/mol. The van der Waals surface area contributed by atoms with Crippen LogP contribution in [0, 0.1) is 15.9 Å². The number of nitrogens with one attached hydrogen (secondary N) is 1. The van der Waals surface area contributed by atoms with Gasteiger partial charge in [-0.1, -0.05) is 23.2 Å². The quantitative estimate of drug-likeness (QED) is 0.418. The van der Waals surface area contributed by atoms with Gasteiger partial charge in [-0.05, 0) is 18.2 Å². The van der Waals surface area contributed by atoms with E-state index >= 15 is 0 Å². The fourth-order valence-corrected chi connectivity index (χ4v) is 2.32. The molecule has 9 heteroatoms. The molecule has 1 N–H and O–H groups in total. The Bertz CT molecular complexity index is 936. The number of nitro groups is 1. The van der Waals surface area contributed by atoms with Crippen LogP contribution in [0.2, 0.25) is 10.0 Å². The van der Waals surface area contributed by atoms with Gasteiger partial charge in [0.25, 0.3) is 5.69 Å². The highest BCUT2D eigenvalue weighted by atomic mass is 35.5. The lowest BCUT2D eigenvalue weighted by atomic mass is 10.2. The predicted octanol–water partition coefficient (Wildman–Crippen LogP) is 4.73. The molecule has 0 amide bonds. The molecule has 0 atom stereocenters. The fraction of sp³-hybridized carbons (Fsp3) is 0. The maximum absolute atomic E-state index is 14.0. The molecule has 0 radical (unpaired) electrons. The Morgan fingerprint density at radius 3 is 2.61 bits per heavy atom. The summed E-state index contributed by atoms with van der Waals surface area (Å²) in [6, 6.07) is 6.51. The Hall–Kier alpha value is -2.51. The van der Waals surface area contributed by atoms with Crippen LogP contribution in [-0.4, -0.2) is 14.9 Å². The summed E-state index contributed by atoms with van der Waals surface area (Å²) in [5, 5.41) is 14.3. The summed E-state index contributed by atoms with van der Waals surface area (Å²) in [6.45, 7) is 0. The highest BCUT2D eigenvalue weighted by Crippen LogP contribution is 2.32. The highest BCUT2D eigenvalue weighted by Gasteiger charge is 2.13. The van der Waals surface area contributed by atoms with Crippen LogP contribution in [0.15, 0.2) is 36.7 Å². The summed E-state index contributed by atoms with van der Waals surface area (Å²) >= 11 is 11.6. The van der Waals surface area contributed by atoms with Gasteiger partial charge >= 0.3 is 0 Å². The largest absolute Gasteiger partial charge is 0.337 e. The molecule has 0 aliphatic heterocycles. The van der Waals surface area contributed by atoms with Gasteiger partial charge in [0.2, 0.25) is 0 Å². The number of aromatic nitrogens is 2. The fourth-order valence-electron chi connectivity index (χ4n) is 2.00. The molecule has 1 aromatic heterocycles. The Balaban J connectivity index is 2.11. The van der Waals surface area contributed by atoms with Gasteiger partial charge in [-0.15, -0.1) is 0 Å². The first-order valence-corrected chi connectivity index (χ1v) is 7.02. The third kappa shape index (κ3) is 3.01. The zero-order valence-electron chi connectivity index (χ0n) is 11.3. The van der Waals surface area contributed by atoms with Crippen LogP contribution in [-0.2, 0) is 0 Å². The van der Waals surface area contributed by atoms with E-state index in [1.807, 2.05) is 0 Å². The van der Waals surface area contributed by atoms with E-state index in [-0.39, 0.29) is 27.2 Å². The molecule has 0 aliphatic carbocycles. The van der Waals surface area contributed by atoms with Crippen LogP contribution < -0.4 is 5.32 Å². The molecule has 23 heavy (non-hydrogen) atoms. The Morgan fingerprint density at radius 2 is 1.87 bits per heavy atom. The molecule has 116 valence electrons. The number of non-ortho nitro benzene ring substituents is 1. The summed E-state index contributed by atoms with van der Waals surface area (Å²) in [6.07, 6.45) is 1.27. The topological polar surface area (TPSA) is 81.0 Å². The first-order chi connectivity index (χ1) is 11.0. The van der Waals surface area contributed by atoms with E-state index in [1.165, 1.54) is 30.6 Å². The summed E-state index contributed by atoms with van der Waals surface area (Å²) in [5.41, 5.74) is 0.407. The van der Waals surface area contributed by atoms with Gasteiger partial charge in [0, 0.05) is 17.5 Å². The van der Waals surface area contributed by atoms with E-state index in [4.69, 9.17) is 23.2 Å². The van der Waals surface area contributed by atoms with Crippen LogP contribution in [0.1, 0.15) is 0 Å². The molecule has 6 nitrogen and oxygen atoms in total. The number of hydrogen-bond acceptors (Lipinski definition) is 5. The van der Waals surface area contributed by atoms with Crippen molar-refractivity contribution in [3.63, 3.8) is 0 Å². The van der Waals surface area contributed by atoms with Crippen molar-refractivity contribution in [1.29, 1.82) is 0 Å². The first-order valence-electron chi connectivity index (χ1n) is 6.26. The first kappa shape index (κ1) is 15.4. The average molecular weight is 353 g/mol. The van der Waals surface area contributed by atoms with Gasteiger partial charge in [0.1, 0.15) is 18.0 Å². The minimum Gasteiger partial charge on any atom is -0.337 e. The minimum absolute atomic E-state index is 0.0471. The molecule has 2 aromatic carbocycles. The van der Waals surface area contributed by atoms with Gasteiger partial charge < -0.3 is 5.32 Å². The van der Waals surface area contributed by atoms with Gasteiger partial charge in [-0.25, -0.2) is 14.4 Å². The van der Waals surface area contributed by atoms with Crippen LogP contribution in [0.3, 0.4) is 0 Å². The lowest BCUT2D eigenvalue weighted by Crippen LogP contribution is -1.99. The standard InChI is InChI=1S/C14H7Cl2FN4O2/c15-9-4-11(17)13(5-10(9)16)20-14-8-3-7(21(22)23)1-2-12(8)18-6-19-14/h1-6H,(H,18,19,20). The average Bonchev–Trinajstić information content (AvgIpc) is 2.52. The predicted molar refractivity (Wildman–Crippen MR) is 85.9 cm³/mol. The van der Waals surface area contributed by atoms with E-state index in [2.05, 4.69) is 15.3 Å². The van der Waals surface area contributed by atoms with Gasteiger partial charge in [-0.2, -0.15) is 0 Å². The second-order valence-electron chi connectivity index (χ2n) is 4.55. The molecule has 0 aliphatic rings. The number of fused-ring (bicyclic) bond motifs is 1. The Labute approximate surface area is 139 Å². The van der Waals surface area contributed by atoms with E-state index in [9.17, 15) is 14.5 Å². The number of nitro benzene ring substituents is 1. The lowest BCUT2D eigenvalue weighted by molar-refractivity contribution is -0.384. The Morgan fingerprint density at radius 1 is 1.13 bits per heavy atom. The summed E-state index contributed by atoms with van der Waals surface area (Å²) in [7, 11) is 0. The lowest BCUT2D eigenvalue weighted by Gasteiger charge is -2.10. The van der Waals surface area contributed by atoms with E-state index in [0.29, 0.717) is 10.9 Å². The third-order valence-electron chi connectivity index (χ3n) is 3.09. The molecule has 0 spiro atoms. The maximum Gasteiger partial charge on any atom is 0.270 e. The molecule has 0 saturated heterocycles. The minimum atomic E-state index is -0.628. The molecule has 0 fully saturated rings. The molecule has 3 rings (SSSR count). The van der Waals surface area contributed by atoms with Crippen LogP contribution in [0.4, 0.5) is 21.6 Å². The van der Waals surface area contributed by atoms with Crippen LogP contribution in [0.5, 0.6) is 0 Å². The van der Waals surface area contributed by atoms with E-state index < -0.39 is 10.7 Å². The second-order valence-corrected chi connectivity index (χ2v) is 5.37. The number of benzene rings is 2. The number of halogens is 3. The number of hydrogen-bond donors (Lipinski definition) is 1. The third-order valence-corrected chi connectivity index (χ3v) is 3.81. The van der Waals surface area contributed by atoms with Crippen molar-refractivity contribution < 1.29 is 9.31 Å². The zero-order chi connectivity index (χ0) is 16.6. The molecule has 0 bridgehead atoms. The highest BCUT2D eigenvalue weighted by molar-refractivity contribution is 6.42. The summed E-state index contributed by atoms with van der Waals surface area (Å²) < 4.78 is 14.0. The van der Waals surface area contributed by atoms with Crippen molar-refractivity contribution in [3.05, 3.63) is 62.6 Å². The van der Waals surface area contributed by atoms with Gasteiger partial charge in [0.05, 0.1) is 26.2 Å². The van der Waals surface area contributed by atoms with Gasteiger partial charge in [0.15, 0.2) is 0 Å². The van der Waals surface area contributed by atoms with E-state index in [1.54, 1.807) is 0 Å². The van der Waals surface area contributed by atoms with Crippen molar-refractivity contribution >= 4 is 51.3 Å². The molecule has 0 unspecified atom stereocenters. The SMILES string of the molecule is O=[N+]([O-])c1ccc2ncnc(Nc3cc(Cl)c(Cl)cc3F)c2c1. The zero-order valence-corrected chi connectivity index (χ0v) is 12.8. The van der Waals surface area contributed by atoms with Gasteiger partial charge in [-0.3, -0.25) is 10.1 Å². The van der Waals surface area contributed by atoms with Crippen LogP contribution >= 0.6 is 23.2 Å². The number of anilines is 2. The summed E-state index contributed by atoms with van der Waals surface area (Å²) in [4.78, 5) is 18.4. The molecular formula is C14H7Cl2FN4O2.